The zero-order valence-electron chi connectivity index (χ0n) is 17.3. The molecule has 0 saturated heterocycles. The van der Waals surface area contributed by atoms with Gasteiger partial charge in [-0.2, -0.15) is 0 Å². The number of nitrogens with zero attached hydrogens (tertiary/aromatic N) is 2. The van der Waals surface area contributed by atoms with Crippen molar-refractivity contribution in [3.8, 4) is 0 Å². The Hall–Kier alpha value is -2.33. The molecule has 0 aliphatic rings. The van der Waals surface area contributed by atoms with Crippen LogP contribution in [0.5, 0.6) is 0 Å². The number of benzene rings is 2. The van der Waals surface area contributed by atoms with Crippen LogP contribution in [-0.4, -0.2) is 50.1 Å². The fraction of sp³-hybridized carbons (Fsp3) is 0.435. The number of carbonyl (C=O) groups is 1. The van der Waals surface area contributed by atoms with Crippen LogP contribution in [0.15, 0.2) is 54.6 Å². The minimum atomic E-state index is -0.0167. The largest absolute Gasteiger partial charge is 0.369 e. The summed E-state index contributed by atoms with van der Waals surface area (Å²) in [7, 11) is 4.06. The second-order valence-electron chi connectivity index (χ2n) is 7.55. The summed E-state index contributed by atoms with van der Waals surface area (Å²) >= 11 is 0. The molecule has 1 atom stereocenters. The molecule has 0 aliphatic heterocycles. The van der Waals surface area contributed by atoms with Gasteiger partial charge in [0, 0.05) is 36.4 Å². The average Bonchev–Trinajstić information content (AvgIpc) is 2.62. The summed E-state index contributed by atoms with van der Waals surface area (Å²) in [5, 5.41) is 3.20. The molecule has 1 N–H and O–H groups in total. The Morgan fingerprint density at radius 2 is 1.63 bits per heavy atom. The Labute approximate surface area is 164 Å². The van der Waals surface area contributed by atoms with E-state index in [1.807, 2.05) is 56.6 Å². The van der Waals surface area contributed by atoms with E-state index in [0.717, 1.165) is 25.2 Å². The second kappa shape index (κ2) is 10.1. The SMILES string of the molecule is CCN(c1ccc(C(=O)NC(Cc2ccccc2)CN(C)C)cc1)C(C)C. The van der Waals surface area contributed by atoms with E-state index in [0.29, 0.717) is 11.6 Å². The molecule has 0 aliphatic carbocycles. The lowest BCUT2D eigenvalue weighted by atomic mass is 10.0. The molecule has 0 radical (unpaired) electrons. The Kier molecular flexibility index (Phi) is 7.86. The van der Waals surface area contributed by atoms with E-state index in [-0.39, 0.29) is 11.9 Å². The lowest BCUT2D eigenvalue weighted by Gasteiger charge is -2.27. The van der Waals surface area contributed by atoms with Gasteiger partial charge in [0.1, 0.15) is 0 Å². The van der Waals surface area contributed by atoms with Crippen molar-refractivity contribution in [2.45, 2.75) is 39.3 Å². The van der Waals surface area contributed by atoms with Gasteiger partial charge in [-0.3, -0.25) is 4.79 Å². The van der Waals surface area contributed by atoms with Crippen molar-refractivity contribution in [1.82, 2.24) is 10.2 Å². The van der Waals surface area contributed by atoms with E-state index in [4.69, 9.17) is 0 Å². The quantitative estimate of drug-likeness (QED) is 0.732. The molecule has 2 aromatic rings. The maximum atomic E-state index is 12.8. The van der Waals surface area contributed by atoms with Crippen LogP contribution in [0, 0.1) is 0 Å². The Morgan fingerprint density at radius 3 is 2.15 bits per heavy atom. The highest BCUT2D eigenvalue weighted by molar-refractivity contribution is 5.94. The summed E-state index contributed by atoms with van der Waals surface area (Å²) in [6.45, 7) is 8.26. The fourth-order valence-electron chi connectivity index (χ4n) is 3.42. The van der Waals surface area contributed by atoms with Crippen molar-refractivity contribution in [3.63, 3.8) is 0 Å². The van der Waals surface area contributed by atoms with Gasteiger partial charge in [0.05, 0.1) is 0 Å². The number of rotatable bonds is 9. The van der Waals surface area contributed by atoms with E-state index in [9.17, 15) is 4.79 Å². The third-order valence-electron chi connectivity index (χ3n) is 4.67. The molecule has 0 spiro atoms. The number of hydrogen-bond acceptors (Lipinski definition) is 3. The molecule has 0 bridgehead atoms. The molecule has 4 nitrogen and oxygen atoms in total. The van der Waals surface area contributed by atoms with Crippen molar-refractivity contribution >= 4 is 11.6 Å². The minimum Gasteiger partial charge on any atom is -0.369 e. The number of carbonyl (C=O) groups excluding carboxylic acids is 1. The maximum absolute atomic E-state index is 12.8. The van der Waals surface area contributed by atoms with E-state index in [1.165, 1.54) is 5.56 Å². The third kappa shape index (κ3) is 6.40. The van der Waals surface area contributed by atoms with Crippen molar-refractivity contribution < 1.29 is 4.79 Å². The van der Waals surface area contributed by atoms with E-state index in [2.05, 4.69) is 48.0 Å². The van der Waals surface area contributed by atoms with Crippen LogP contribution in [0.2, 0.25) is 0 Å². The molecule has 0 fully saturated rings. The number of amides is 1. The first-order valence-electron chi connectivity index (χ1n) is 9.77. The summed E-state index contributed by atoms with van der Waals surface area (Å²) in [4.78, 5) is 17.2. The average molecular weight is 368 g/mol. The van der Waals surface area contributed by atoms with E-state index < -0.39 is 0 Å². The topological polar surface area (TPSA) is 35.6 Å². The lowest BCUT2D eigenvalue weighted by Crippen LogP contribution is -2.43. The zero-order valence-corrected chi connectivity index (χ0v) is 17.3. The molecule has 4 heteroatoms. The van der Waals surface area contributed by atoms with Gasteiger partial charge in [-0.25, -0.2) is 0 Å². The van der Waals surface area contributed by atoms with Gasteiger partial charge in [-0.05, 0) is 71.1 Å². The fourth-order valence-corrected chi connectivity index (χ4v) is 3.42. The molecular formula is C23H33N3O. The van der Waals surface area contributed by atoms with E-state index >= 15 is 0 Å². The zero-order chi connectivity index (χ0) is 19.8. The van der Waals surface area contributed by atoms with Gasteiger partial charge in [-0.1, -0.05) is 30.3 Å². The third-order valence-corrected chi connectivity index (χ3v) is 4.67. The predicted molar refractivity (Wildman–Crippen MR) is 115 cm³/mol. The molecule has 146 valence electrons. The van der Waals surface area contributed by atoms with Gasteiger partial charge in [0.2, 0.25) is 0 Å². The van der Waals surface area contributed by atoms with Gasteiger partial charge in [0.15, 0.2) is 0 Å². The van der Waals surface area contributed by atoms with Crippen LogP contribution >= 0.6 is 0 Å². The monoisotopic (exact) mass is 367 g/mol. The highest BCUT2D eigenvalue weighted by atomic mass is 16.1. The molecule has 27 heavy (non-hydrogen) atoms. The Morgan fingerprint density at radius 1 is 1.00 bits per heavy atom. The van der Waals surface area contributed by atoms with Gasteiger partial charge in [-0.15, -0.1) is 0 Å². The molecule has 2 rings (SSSR count). The minimum absolute atomic E-state index is 0.0167. The standard InChI is InChI=1S/C23H33N3O/c1-6-26(18(2)3)22-14-12-20(13-15-22)23(27)24-21(17-25(4)5)16-19-10-8-7-9-11-19/h7-15,18,21H,6,16-17H2,1-5H3,(H,24,27). The van der Waals surface area contributed by atoms with Crippen LogP contribution < -0.4 is 10.2 Å². The van der Waals surface area contributed by atoms with E-state index in [1.54, 1.807) is 0 Å². The van der Waals surface area contributed by atoms with Crippen LogP contribution in [0.1, 0.15) is 36.7 Å². The number of likely N-dealkylation sites (N-methyl/N-ethyl adjacent to an activating group) is 1. The molecule has 2 aromatic carbocycles. The number of anilines is 1. The predicted octanol–water partition coefficient (Wildman–Crippen LogP) is 3.82. The Bertz CT molecular complexity index is 695. The highest BCUT2D eigenvalue weighted by Crippen LogP contribution is 2.18. The van der Waals surface area contributed by atoms with Crippen LogP contribution in [-0.2, 0) is 6.42 Å². The number of hydrogen-bond donors (Lipinski definition) is 1. The summed E-state index contributed by atoms with van der Waals surface area (Å²) in [5.41, 5.74) is 3.09. The first-order chi connectivity index (χ1) is 12.9. The van der Waals surface area contributed by atoms with Crippen molar-refractivity contribution in [2.24, 2.45) is 0 Å². The molecule has 0 heterocycles. The first-order valence-corrected chi connectivity index (χ1v) is 9.77. The molecule has 1 amide bonds. The van der Waals surface area contributed by atoms with Crippen LogP contribution in [0.3, 0.4) is 0 Å². The summed E-state index contributed by atoms with van der Waals surface area (Å²) in [6.07, 6.45) is 0.819. The second-order valence-corrected chi connectivity index (χ2v) is 7.55. The smallest absolute Gasteiger partial charge is 0.251 e. The molecular weight excluding hydrogens is 334 g/mol. The maximum Gasteiger partial charge on any atom is 0.251 e. The van der Waals surface area contributed by atoms with Gasteiger partial charge < -0.3 is 15.1 Å². The number of nitrogens with one attached hydrogen (secondary N) is 1. The van der Waals surface area contributed by atoms with Crippen molar-refractivity contribution in [2.75, 3.05) is 32.1 Å². The first kappa shape index (κ1) is 21.0. The summed E-state index contributed by atoms with van der Waals surface area (Å²) in [6, 6.07) is 18.7. The molecule has 1 unspecified atom stereocenters. The lowest BCUT2D eigenvalue weighted by molar-refractivity contribution is 0.0930. The summed E-state index contributed by atoms with van der Waals surface area (Å²) < 4.78 is 0. The molecule has 0 aromatic heterocycles. The van der Waals surface area contributed by atoms with Crippen molar-refractivity contribution in [3.05, 3.63) is 65.7 Å². The Balaban J connectivity index is 2.07. The highest BCUT2D eigenvalue weighted by Gasteiger charge is 2.16. The normalized spacial score (nSPS) is 12.3. The van der Waals surface area contributed by atoms with Crippen LogP contribution in [0.25, 0.3) is 0 Å². The van der Waals surface area contributed by atoms with Gasteiger partial charge in [0.25, 0.3) is 5.91 Å². The van der Waals surface area contributed by atoms with Crippen molar-refractivity contribution in [1.29, 1.82) is 0 Å². The molecule has 0 saturated carbocycles. The van der Waals surface area contributed by atoms with Gasteiger partial charge >= 0.3 is 0 Å². The van der Waals surface area contributed by atoms with Crippen LogP contribution in [0.4, 0.5) is 5.69 Å². The summed E-state index contributed by atoms with van der Waals surface area (Å²) in [5.74, 6) is -0.0167.